The molecule has 0 bridgehead atoms. The molecule has 0 aromatic heterocycles. The maximum absolute atomic E-state index is 12.9. The zero-order chi connectivity index (χ0) is 35.4. The molecular weight excluding hydrogens is 600 g/mol. The molecule has 8 heteroatoms. The van der Waals surface area contributed by atoms with Crippen LogP contribution in [0.3, 0.4) is 0 Å². The standard InChI is InChI=1S/C40H62N4O4/c1-6-10-35-44(36-26-18-16-19-27-36)40(48)29-20-14-12-11-13-15-22-31-41(5)39(47)28-21-17-23-32-43(38(46)9-4)34-25-24-33-42(30-7-2)37(45)8-3/h7-9,17,20-21,23-25,28-29,36H,2-4,6,10-16,18-19,22,26-27,30-35H2,1,5H3/b23-17+,25-24+,28-21+,29-20+. The molecule has 0 aliphatic heterocycles. The van der Waals surface area contributed by atoms with Gasteiger partial charge in [-0.3, -0.25) is 19.2 Å². The van der Waals surface area contributed by atoms with E-state index >= 15 is 0 Å². The minimum Gasteiger partial charge on any atom is -0.342 e. The van der Waals surface area contributed by atoms with Gasteiger partial charge in [0.2, 0.25) is 23.6 Å². The molecule has 0 aromatic carbocycles. The highest BCUT2D eigenvalue weighted by atomic mass is 16.2. The Hall–Kier alpha value is -3.94. The summed E-state index contributed by atoms with van der Waals surface area (Å²) in [6.45, 7) is 16.0. The van der Waals surface area contributed by atoms with Crippen LogP contribution in [0.2, 0.25) is 0 Å². The van der Waals surface area contributed by atoms with E-state index in [0.29, 0.717) is 38.8 Å². The highest BCUT2D eigenvalue weighted by molar-refractivity contribution is 5.89. The van der Waals surface area contributed by atoms with Crippen molar-refractivity contribution in [2.75, 3.05) is 46.3 Å². The van der Waals surface area contributed by atoms with Crippen molar-refractivity contribution >= 4 is 23.6 Å². The Morgan fingerprint density at radius 3 is 1.85 bits per heavy atom. The third kappa shape index (κ3) is 18.4. The van der Waals surface area contributed by atoms with Crippen LogP contribution < -0.4 is 0 Å². The Labute approximate surface area is 291 Å². The van der Waals surface area contributed by atoms with Gasteiger partial charge in [0.1, 0.15) is 0 Å². The molecule has 0 unspecified atom stereocenters. The Balaban J connectivity index is 2.31. The van der Waals surface area contributed by atoms with Crippen molar-refractivity contribution in [3.05, 3.63) is 86.6 Å². The summed E-state index contributed by atoms with van der Waals surface area (Å²) in [5, 5.41) is 0. The van der Waals surface area contributed by atoms with Gasteiger partial charge in [-0.1, -0.05) is 108 Å². The molecule has 1 fully saturated rings. The van der Waals surface area contributed by atoms with Gasteiger partial charge in [0.25, 0.3) is 0 Å². The molecule has 0 saturated heterocycles. The summed E-state index contributed by atoms with van der Waals surface area (Å²) in [5.41, 5.74) is 0. The van der Waals surface area contributed by atoms with Gasteiger partial charge < -0.3 is 19.6 Å². The van der Waals surface area contributed by atoms with E-state index in [4.69, 9.17) is 0 Å². The number of unbranched alkanes of at least 4 members (excludes halogenated alkanes) is 6. The lowest BCUT2D eigenvalue weighted by molar-refractivity contribution is -0.129. The van der Waals surface area contributed by atoms with Gasteiger partial charge in [0, 0.05) is 58.4 Å². The van der Waals surface area contributed by atoms with Gasteiger partial charge in [-0.15, -0.1) is 6.58 Å². The van der Waals surface area contributed by atoms with Crippen LogP contribution >= 0.6 is 0 Å². The van der Waals surface area contributed by atoms with Crippen molar-refractivity contribution in [3.63, 3.8) is 0 Å². The van der Waals surface area contributed by atoms with Gasteiger partial charge in [-0.05, 0) is 56.8 Å². The fourth-order valence-corrected chi connectivity index (χ4v) is 5.58. The summed E-state index contributed by atoms with van der Waals surface area (Å²) >= 11 is 0. The van der Waals surface area contributed by atoms with Crippen LogP contribution in [0.5, 0.6) is 0 Å². The summed E-state index contributed by atoms with van der Waals surface area (Å²) in [7, 11) is 1.81. The number of nitrogens with zero attached hydrogens (tertiary/aromatic N) is 4. The number of hydrogen-bond acceptors (Lipinski definition) is 4. The second-order valence-electron chi connectivity index (χ2n) is 12.3. The first-order valence-electron chi connectivity index (χ1n) is 17.9. The number of amides is 4. The minimum absolute atomic E-state index is 0.0595. The van der Waals surface area contributed by atoms with E-state index in [1.165, 1.54) is 37.5 Å². The molecule has 0 heterocycles. The molecule has 0 spiro atoms. The van der Waals surface area contributed by atoms with E-state index in [0.717, 1.165) is 70.8 Å². The lowest BCUT2D eigenvalue weighted by atomic mass is 9.94. The average molecular weight is 663 g/mol. The van der Waals surface area contributed by atoms with Gasteiger partial charge >= 0.3 is 0 Å². The van der Waals surface area contributed by atoms with Crippen molar-refractivity contribution in [1.29, 1.82) is 0 Å². The average Bonchev–Trinajstić information content (AvgIpc) is 3.10. The quantitative estimate of drug-likeness (QED) is 0.0449. The van der Waals surface area contributed by atoms with Crippen LogP contribution in [-0.4, -0.2) is 95.6 Å². The largest absolute Gasteiger partial charge is 0.342 e. The van der Waals surface area contributed by atoms with E-state index in [1.807, 2.05) is 25.3 Å². The van der Waals surface area contributed by atoms with Gasteiger partial charge in [0.15, 0.2) is 0 Å². The van der Waals surface area contributed by atoms with E-state index in [-0.39, 0.29) is 23.6 Å². The molecular formula is C40H62N4O4. The van der Waals surface area contributed by atoms with Crippen molar-refractivity contribution in [2.45, 2.75) is 96.4 Å². The Morgan fingerprint density at radius 1 is 0.625 bits per heavy atom. The molecule has 1 aliphatic rings. The minimum atomic E-state index is -0.209. The van der Waals surface area contributed by atoms with Crippen LogP contribution in [0.4, 0.5) is 0 Å². The summed E-state index contributed by atoms with van der Waals surface area (Å²) in [6.07, 6.45) is 33.0. The van der Waals surface area contributed by atoms with E-state index in [9.17, 15) is 19.2 Å². The van der Waals surface area contributed by atoms with Crippen molar-refractivity contribution in [2.24, 2.45) is 0 Å². The van der Waals surface area contributed by atoms with E-state index in [1.54, 1.807) is 39.0 Å². The Bertz CT molecular complexity index is 1120. The molecule has 266 valence electrons. The lowest BCUT2D eigenvalue weighted by Gasteiger charge is -2.33. The number of rotatable bonds is 25. The lowest BCUT2D eigenvalue weighted by Crippen LogP contribution is -2.41. The third-order valence-electron chi connectivity index (χ3n) is 8.50. The van der Waals surface area contributed by atoms with Crippen molar-refractivity contribution in [1.82, 2.24) is 19.6 Å². The van der Waals surface area contributed by atoms with Crippen LogP contribution in [0, 0.1) is 0 Å². The van der Waals surface area contributed by atoms with E-state index < -0.39 is 0 Å². The van der Waals surface area contributed by atoms with Gasteiger partial charge in [-0.2, -0.15) is 0 Å². The number of likely N-dealkylation sites (N-methyl/N-ethyl adjacent to an activating group) is 1. The van der Waals surface area contributed by atoms with Crippen LogP contribution in [0.25, 0.3) is 0 Å². The zero-order valence-electron chi connectivity index (χ0n) is 29.9. The molecule has 48 heavy (non-hydrogen) atoms. The second kappa shape index (κ2) is 27.1. The predicted molar refractivity (Wildman–Crippen MR) is 199 cm³/mol. The first-order valence-corrected chi connectivity index (χ1v) is 17.9. The third-order valence-corrected chi connectivity index (χ3v) is 8.50. The first-order chi connectivity index (χ1) is 23.3. The molecule has 0 aromatic rings. The van der Waals surface area contributed by atoms with E-state index in [2.05, 4.69) is 37.6 Å². The SMILES string of the molecule is C=CCN(C/C=C/CN(C/C=C/C=C/C(=O)N(C)CCCCCCC/C=C/C(=O)N(CCCC)C1CCCCC1)C(=O)C=C)C(=O)C=C. The monoisotopic (exact) mass is 662 g/mol. The predicted octanol–water partition coefficient (Wildman–Crippen LogP) is 7.19. The van der Waals surface area contributed by atoms with Crippen LogP contribution in [-0.2, 0) is 19.2 Å². The highest BCUT2D eigenvalue weighted by Crippen LogP contribution is 2.23. The first kappa shape index (κ1) is 42.1. The maximum atomic E-state index is 12.9. The fraction of sp³-hybridized carbons (Fsp3) is 0.550. The molecule has 1 rings (SSSR count). The van der Waals surface area contributed by atoms with Crippen molar-refractivity contribution in [3.8, 4) is 0 Å². The summed E-state index contributed by atoms with van der Waals surface area (Å²) in [4.78, 5) is 56.5. The molecule has 1 aliphatic carbocycles. The second-order valence-corrected chi connectivity index (χ2v) is 12.3. The normalized spacial score (nSPS) is 13.7. The molecule has 0 N–H and O–H groups in total. The maximum Gasteiger partial charge on any atom is 0.246 e. The summed E-state index contributed by atoms with van der Waals surface area (Å²) in [5.74, 6) is -0.263. The number of allylic oxidation sites excluding steroid dienone is 3. The Morgan fingerprint density at radius 2 is 1.23 bits per heavy atom. The molecule has 8 nitrogen and oxygen atoms in total. The fourth-order valence-electron chi connectivity index (χ4n) is 5.58. The van der Waals surface area contributed by atoms with Crippen molar-refractivity contribution < 1.29 is 19.2 Å². The number of carbonyl (C=O) groups excluding carboxylic acids is 4. The van der Waals surface area contributed by atoms with Gasteiger partial charge in [-0.25, -0.2) is 0 Å². The zero-order valence-corrected chi connectivity index (χ0v) is 29.9. The smallest absolute Gasteiger partial charge is 0.246 e. The molecule has 4 amide bonds. The molecule has 0 radical (unpaired) electrons. The molecule has 1 saturated carbocycles. The number of carbonyl (C=O) groups is 4. The number of hydrogen-bond donors (Lipinski definition) is 0. The highest BCUT2D eigenvalue weighted by Gasteiger charge is 2.23. The van der Waals surface area contributed by atoms with Crippen LogP contribution in [0.15, 0.2) is 86.6 Å². The topological polar surface area (TPSA) is 81.2 Å². The summed E-state index contributed by atoms with van der Waals surface area (Å²) < 4.78 is 0. The molecule has 0 atom stereocenters. The van der Waals surface area contributed by atoms with Gasteiger partial charge in [0.05, 0.1) is 0 Å². The van der Waals surface area contributed by atoms with Crippen LogP contribution in [0.1, 0.15) is 90.4 Å². The Kier molecular flexibility index (Phi) is 23.7. The summed E-state index contributed by atoms with van der Waals surface area (Å²) in [6, 6.07) is 0.423.